The third-order valence-corrected chi connectivity index (χ3v) is 4.74. The Labute approximate surface area is 116 Å². The number of halogens is 1. The van der Waals surface area contributed by atoms with Crippen LogP contribution in [0, 0.1) is 0 Å². The molecule has 0 fully saturated rings. The fraction of sp³-hybridized carbons (Fsp3) is 0.0769. The second-order valence-electron chi connectivity index (χ2n) is 3.94. The zero-order chi connectivity index (χ0) is 14.0. The van der Waals surface area contributed by atoms with Crippen molar-refractivity contribution >= 4 is 27.3 Å². The van der Waals surface area contributed by atoms with Gasteiger partial charge in [0, 0.05) is 12.1 Å². The van der Waals surface area contributed by atoms with E-state index in [1.807, 2.05) is 0 Å². The Balaban J connectivity index is 2.39. The molecule has 0 amide bonds. The van der Waals surface area contributed by atoms with E-state index in [9.17, 15) is 13.5 Å². The second kappa shape index (κ2) is 5.11. The first-order valence-electron chi connectivity index (χ1n) is 5.45. The lowest BCUT2D eigenvalue weighted by Crippen LogP contribution is -2.26. The lowest BCUT2D eigenvalue weighted by molar-refractivity contribution is 0.475. The van der Waals surface area contributed by atoms with Crippen molar-refractivity contribution in [1.82, 2.24) is 0 Å². The zero-order valence-electron chi connectivity index (χ0n) is 10.1. The van der Waals surface area contributed by atoms with E-state index in [1.165, 1.54) is 55.6 Å². The lowest BCUT2D eigenvalue weighted by Gasteiger charge is -2.19. The Morgan fingerprint density at radius 1 is 1.00 bits per heavy atom. The number of phenolic OH excluding ortho intramolecular Hbond substituents is 1. The summed E-state index contributed by atoms with van der Waals surface area (Å²) in [6.45, 7) is 0. The van der Waals surface area contributed by atoms with Gasteiger partial charge in [-0.05, 0) is 48.5 Å². The first-order chi connectivity index (χ1) is 8.91. The molecule has 4 nitrogen and oxygen atoms in total. The Morgan fingerprint density at radius 2 is 1.53 bits per heavy atom. The molecule has 2 aromatic rings. The largest absolute Gasteiger partial charge is 0.508 e. The molecule has 6 heteroatoms. The van der Waals surface area contributed by atoms with Crippen molar-refractivity contribution in [3.63, 3.8) is 0 Å². The van der Waals surface area contributed by atoms with Crippen LogP contribution in [0.4, 0.5) is 5.69 Å². The molecule has 0 heterocycles. The molecule has 2 rings (SSSR count). The predicted molar refractivity (Wildman–Crippen MR) is 75.1 cm³/mol. The number of benzene rings is 2. The van der Waals surface area contributed by atoms with Gasteiger partial charge in [-0.15, -0.1) is 0 Å². The molecule has 2 aromatic carbocycles. The minimum Gasteiger partial charge on any atom is -0.508 e. The monoisotopic (exact) mass is 297 g/mol. The Morgan fingerprint density at radius 3 is 2.05 bits per heavy atom. The first kappa shape index (κ1) is 13.7. The van der Waals surface area contributed by atoms with Crippen LogP contribution in [0.15, 0.2) is 53.4 Å². The van der Waals surface area contributed by atoms with Crippen LogP contribution in [0.25, 0.3) is 0 Å². The topological polar surface area (TPSA) is 57.6 Å². The maximum Gasteiger partial charge on any atom is 0.264 e. The molecule has 19 heavy (non-hydrogen) atoms. The summed E-state index contributed by atoms with van der Waals surface area (Å²) in [6.07, 6.45) is 0. The third kappa shape index (κ3) is 2.83. The highest BCUT2D eigenvalue weighted by atomic mass is 35.5. The van der Waals surface area contributed by atoms with Gasteiger partial charge in [-0.25, -0.2) is 8.42 Å². The van der Waals surface area contributed by atoms with Crippen molar-refractivity contribution in [2.75, 3.05) is 11.4 Å². The second-order valence-corrected chi connectivity index (χ2v) is 6.35. The Bertz CT molecular complexity index is 666. The molecule has 0 bridgehead atoms. The molecule has 0 spiro atoms. The summed E-state index contributed by atoms with van der Waals surface area (Å²) < 4.78 is 25.8. The van der Waals surface area contributed by atoms with Gasteiger partial charge in [0.2, 0.25) is 0 Å². The van der Waals surface area contributed by atoms with Crippen molar-refractivity contribution in [3.8, 4) is 5.75 Å². The zero-order valence-corrected chi connectivity index (χ0v) is 11.7. The molecule has 0 unspecified atom stereocenters. The van der Waals surface area contributed by atoms with Gasteiger partial charge < -0.3 is 5.11 Å². The molecular weight excluding hydrogens is 286 g/mol. The normalized spacial score (nSPS) is 11.3. The SMILES string of the molecule is CN(c1ccc(O)cc1)S(=O)(=O)c1ccc(Cl)cc1. The molecule has 0 aliphatic carbocycles. The van der Waals surface area contributed by atoms with Crippen LogP contribution in [0.2, 0.25) is 5.02 Å². The van der Waals surface area contributed by atoms with Crippen LogP contribution in [0.5, 0.6) is 5.75 Å². The minimum atomic E-state index is -3.63. The highest BCUT2D eigenvalue weighted by molar-refractivity contribution is 7.92. The maximum atomic E-state index is 12.3. The number of hydrogen-bond acceptors (Lipinski definition) is 3. The van der Waals surface area contributed by atoms with E-state index in [-0.39, 0.29) is 10.6 Å². The molecule has 100 valence electrons. The molecule has 0 saturated carbocycles. The number of nitrogens with zero attached hydrogens (tertiary/aromatic N) is 1. The van der Waals surface area contributed by atoms with Crippen molar-refractivity contribution in [3.05, 3.63) is 53.6 Å². The molecule has 0 saturated heterocycles. The van der Waals surface area contributed by atoms with E-state index in [2.05, 4.69) is 0 Å². The molecular formula is C13H12ClNO3S. The molecule has 1 N–H and O–H groups in total. The van der Waals surface area contributed by atoms with Crippen molar-refractivity contribution < 1.29 is 13.5 Å². The number of sulfonamides is 1. The fourth-order valence-electron chi connectivity index (χ4n) is 1.57. The number of aromatic hydroxyl groups is 1. The van der Waals surface area contributed by atoms with Crippen LogP contribution in [0.1, 0.15) is 0 Å². The first-order valence-corrected chi connectivity index (χ1v) is 7.26. The standard InChI is InChI=1S/C13H12ClNO3S/c1-15(11-4-6-12(16)7-5-11)19(17,18)13-8-2-10(14)3-9-13/h2-9,16H,1H3. The van der Waals surface area contributed by atoms with Gasteiger partial charge in [-0.1, -0.05) is 11.6 Å². The summed E-state index contributed by atoms with van der Waals surface area (Å²) in [6, 6.07) is 11.9. The van der Waals surface area contributed by atoms with E-state index in [1.54, 1.807) is 0 Å². The van der Waals surface area contributed by atoms with Crippen molar-refractivity contribution in [2.45, 2.75) is 4.90 Å². The van der Waals surface area contributed by atoms with Gasteiger partial charge in [-0.3, -0.25) is 4.31 Å². The van der Waals surface area contributed by atoms with Crippen LogP contribution in [-0.2, 0) is 10.0 Å². The van der Waals surface area contributed by atoms with E-state index in [0.29, 0.717) is 10.7 Å². The lowest BCUT2D eigenvalue weighted by atomic mass is 10.3. The predicted octanol–water partition coefficient (Wildman–Crippen LogP) is 2.87. The average Bonchev–Trinajstić information content (AvgIpc) is 2.39. The van der Waals surface area contributed by atoms with Crippen molar-refractivity contribution in [2.24, 2.45) is 0 Å². The van der Waals surface area contributed by atoms with Gasteiger partial charge in [0.05, 0.1) is 10.6 Å². The fourth-order valence-corrected chi connectivity index (χ4v) is 2.89. The van der Waals surface area contributed by atoms with Gasteiger partial charge >= 0.3 is 0 Å². The van der Waals surface area contributed by atoms with Gasteiger partial charge in [0.25, 0.3) is 10.0 Å². The highest BCUT2D eigenvalue weighted by Gasteiger charge is 2.20. The average molecular weight is 298 g/mol. The van der Waals surface area contributed by atoms with E-state index < -0.39 is 10.0 Å². The summed E-state index contributed by atoms with van der Waals surface area (Å²) >= 11 is 5.74. The smallest absolute Gasteiger partial charge is 0.264 e. The van der Waals surface area contributed by atoms with Crippen LogP contribution < -0.4 is 4.31 Å². The number of hydrogen-bond donors (Lipinski definition) is 1. The Hall–Kier alpha value is -1.72. The number of anilines is 1. The molecule has 0 aromatic heterocycles. The summed E-state index contributed by atoms with van der Waals surface area (Å²) in [4.78, 5) is 0.160. The number of rotatable bonds is 3. The van der Waals surface area contributed by atoms with Crippen LogP contribution in [0.3, 0.4) is 0 Å². The van der Waals surface area contributed by atoms with E-state index in [0.717, 1.165) is 4.31 Å². The molecule has 0 radical (unpaired) electrons. The number of phenols is 1. The summed E-state index contributed by atoms with van der Waals surface area (Å²) in [5.41, 5.74) is 0.466. The Kier molecular flexibility index (Phi) is 3.68. The summed E-state index contributed by atoms with van der Waals surface area (Å²) in [7, 11) is -2.17. The van der Waals surface area contributed by atoms with Gasteiger partial charge in [-0.2, -0.15) is 0 Å². The third-order valence-electron chi connectivity index (χ3n) is 2.69. The molecule has 0 aliphatic rings. The van der Waals surface area contributed by atoms with Crippen LogP contribution >= 0.6 is 11.6 Å². The van der Waals surface area contributed by atoms with Gasteiger partial charge in [0.15, 0.2) is 0 Å². The highest BCUT2D eigenvalue weighted by Crippen LogP contribution is 2.24. The van der Waals surface area contributed by atoms with Gasteiger partial charge in [0.1, 0.15) is 5.75 Å². The van der Waals surface area contributed by atoms with Crippen molar-refractivity contribution in [1.29, 1.82) is 0 Å². The quantitative estimate of drug-likeness (QED) is 0.948. The van der Waals surface area contributed by atoms with E-state index in [4.69, 9.17) is 11.6 Å². The molecule has 0 atom stereocenters. The molecule has 0 aliphatic heterocycles. The minimum absolute atomic E-state index is 0.0843. The van der Waals surface area contributed by atoms with Crippen LogP contribution in [-0.4, -0.2) is 20.6 Å². The summed E-state index contributed by atoms with van der Waals surface area (Å²) in [5, 5.41) is 9.68. The summed E-state index contributed by atoms with van der Waals surface area (Å²) in [5.74, 6) is 0.0843. The van der Waals surface area contributed by atoms with E-state index >= 15 is 0 Å². The maximum absolute atomic E-state index is 12.3.